The zero-order valence-electron chi connectivity index (χ0n) is 5.46. The van der Waals surface area contributed by atoms with E-state index >= 15 is 0 Å². The standard InChI is InChI=1S/C4H10FO3P/c1-3-7-9(5,6)8-4-2/h3-4H2,1-2H3. The molecule has 0 aliphatic heterocycles. The first-order valence-corrected chi connectivity index (χ1v) is 4.14. The summed E-state index contributed by atoms with van der Waals surface area (Å²) in [7, 11) is -4.19. The van der Waals surface area contributed by atoms with Gasteiger partial charge in [-0.3, -0.25) is 9.05 Å². The van der Waals surface area contributed by atoms with Gasteiger partial charge in [0.25, 0.3) is 0 Å². The summed E-state index contributed by atoms with van der Waals surface area (Å²) in [6, 6.07) is 0. The highest BCUT2D eigenvalue weighted by atomic mass is 31.2. The molecule has 0 unspecified atom stereocenters. The van der Waals surface area contributed by atoms with Crippen molar-refractivity contribution in [3.63, 3.8) is 0 Å². The highest BCUT2D eigenvalue weighted by Crippen LogP contribution is 2.49. The lowest BCUT2D eigenvalue weighted by Gasteiger charge is -2.04. The van der Waals surface area contributed by atoms with Gasteiger partial charge < -0.3 is 0 Å². The fourth-order valence-corrected chi connectivity index (χ4v) is 1.04. The van der Waals surface area contributed by atoms with Crippen molar-refractivity contribution in [2.75, 3.05) is 13.2 Å². The van der Waals surface area contributed by atoms with Crippen molar-refractivity contribution in [2.24, 2.45) is 0 Å². The SMILES string of the molecule is CCOP(=O)(F)OCC. The van der Waals surface area contributed by atoms with Crippen LogP contribution in [0.1, 0.15) is 13.8 Å². The van der Waals surface area contributed by atoms with Gasteiger partial charge in [-0.15, -0.1) is 4.20 Å². The van der Waals surface area contributed by atoms with Crippen molar-refractivity contribution >= 4 is 7.91 Å². The Morgan fingerprint density at radius 1 is 1.33 bits per heavy atom. The van der Waals surface area contributed by atoms with E-state index in [2.05, 4.69) is 9.05 Å². The van der Waals surface area contributed by atoms with Crippen LogP contribution in [0.2, 0.25) is 0 Å². The Hall–Kier alpha value is 0.0800. The molecule has 9 heavy (non-hydrogen) atoms. The molecule has 56 valence electrons. The van der Waals surface area contributed by atoms with Crippen molar-refractivity contribution in [1.82, 2.24) is 0 Å². The van der Waals surface area contributed by atoms with Gasteiger partial charge in [-0.25, -0.2) is 4.57 Å². The minimum atomic E-state index is -4.19. The van der Waals surface area contributed by atoms with Crippen LogP contribution in [-0.2, 0) is 13.6 Å². The van der Waals surface area contributed by atoms with Gasteiger partial charge >= 0.3 is 7.91 Å². The first-order chi connectivity index (χ1) is 4.12. The third-order valence-electron chi connectivity index (χ3n) is 0.567. The van der Waals surface area contributed by atoms with Gasteiger partial charge in [0.1, 0.15) is 0 Å². The minimum absolute atomic E-state index is 0.0633. The van der Waals surface area contributed by atoms with Crippen LogP contribution < -0.4 is 0 Å². The van der Waals surface area contributed by atoms with Crippen molar-refractivity contribution in [3.8, 4) is 0 Å². The number of hydrogen-bond donors (Lipinski definition) is 0. The first-order valence-electron chi connectivity index (χ1n) is 2.71. The average Bonchev–Trinajstić information content (AvgIpc) is 1.64. The zero-order valence-corrected chi connectivity index (χ0v) is 6.36. The Balaban J connectivity index is 3.58. The number of halogens is 1. The molecule has 0 heterocycles. The van der Waals surface area contributed by atoms with Crippen LogP contribution in [0, 0.1) is 0 Å². The predicted octanol–water partition coefficient (Wildman–Crippen LogP) is 2.14. The molecule has 5 heteroatoms. The van der Waals surface area contributed by atoms with E-state index in [4.69, 9.17) is 0 Å². The van der Waals surface area contributed by atoms with Crippen LogP contribution >= 0.6 is 7.91 Å². The molecule has 0 aromatic rings. The Labute approximate surface area is 53.8 Å². The quantitative estimate of drug-likeness (QED) is 0.585. The summed E-state index contributed by atoms with van der Waals surface area (Å²) in [5, 5.41) is 0. The molecule has 0 atom stereocenters. The Bertz CT molecular complexity index is 106. The highest BCUT2D eigenvalue weighted by Gasteiger charge is 2.20. The molecule has 0 fully saturated rings. The molecule has 0 N–H and O–H groups in total. The minimum Gasteiger partial charge on any atom is -0.284 e. The fourth-order valence-electron chi connectivity index (χ4n) is 0.346. The summed E-state index contributed by atoms with van der Waals surface area (Å²) < 4.78 is 30.8. The van der Waals surface area contributed by atoms with Gasteiger partial charge in [-0.1, -0.05) is 0 Å². The Kier molecular flexibility index (Phi) is 4.02. The van der Waals surface area contributed by atoms with Crippen molar-refractivity contribution in [2.45, 2.75) is 13.8 Å². The molecule has 0 aliphatic carbocycles. The van der Waals surface area contributed by atoms with Crippen LogP contribution in [0.4, 0.5) is 4.20 Å². The van der Waals surface area contributed by atoms with Gasteiger partial charge in [-0.05, 0) is 13.8 Å². The molecule has 0 radical (unpaired) electrons. The summed E-state index contributed by atoms with van der Waals surface area (Å²) in [5.74, 6) is 0. The summed E-state index contributed by atoms with van der Waals surface area (Å²) >= 11 is 0. The lowest BCUT2D eigenvalue weighted by atomic mass is 10.9. The van der Waals surface area contributed by atoms with E-state index in [0.717, 1.165) is 0 Å². The summed E-state index contributed by atoms with van der Waals surface area (Å²) in [4.78, 5) is 0. The molecule has 0 aromatic heterocycles. The smallest absolute Gasteiger partial charge is 0.284 e. The van der Waals surface area contributed by atoms with E-state index < -0.39 is 7.91 Å². The molecule has 0 spiro atoms. The molecule has 0 aromatic carbocycles. The third-order valence-corrected chi connectivity index (χ3v) is 1.70. The number of rotatable bonds is 4. The van der Waals surface area contributed by atoms with Crippen LogP contribution in [0.25, 0.3) is 0 Å². The molecular formula is C4H10FO3P. The first kappa shape index (κ1) is 9.08. The van der Waals surface area contributed by atoms with E-state index in [-0.39, 0.29) is 13.2 Å². The maximum absolute atomic E-state index is 12.2. The van der Waals surface area contributed by atoms with E-state index in [9.17, 15) is 8.76 Å². The van der Waals surface area contributed by atoms with Crippen molar-refractivity contribution in [3.05, 3.63) is 0 Å². The third kappa shape index (κ3) is 4.58. The molecule has 0 amide bonds. The van der Waals surface area contributed by atoms with Crippen LogP contribution in [0.15, 0.2) is 0 Å². The van der Waals surface area contributed by atoms with Crippen molar-refractivity contribution in [1.29, 1.82) is 0 Å². The van der Waals surface area contributed by atoms with E-state index in [1.807, 2.05) is 0 Å². The molecule has 3 nitrogen and oxygen atoms in total. The lowest BCUT2D eigenvalue weighted by molar-refractivity contribution is 0.188. The van der Waals surface area contributed by atoms with Gasteiger partial charge in [0.05, 0.1) is 13.2 Å². The highest BCUT2D eigenvalue weighted by molar-refractivity contribution is 7.48. The summed E-state index contributed by atoms with van der Waals surface area (Å²) in [5.41, 5.74) is 0. The van der Waals surface area contributed by atoms with Gasteiger partial charge in [0.2, 0.25) is 0 Å². The second-order valence-electron chi connectivity index (χ2n) is 1.27. The largest absolute Gasteiger partial charge is 0.513 e. The fraction of sp³-hybridized carbons (Fsp3) is 1.00. The maximum atomic E-state index is 12.2. The molecule has 0 rings (SSSR count). The summed E-state index contributed by atoms with van der Waals surface area (Å²) in [6.07, 6.45) is 0. The Morgan fingerprint density at radius 3 is 1.89 bits per heavy atom. The molecule has 0 bridgehead atoms. The number of hydrogen-bond acceptors (Lipinski definition) is 3. The van der Waals surface area contributed by atoms with Gasteiger partial charge in [-0.2, -0.15) is 0 Å². The predicted molar refractivity (Wildman–Crippen MR) is 32.0 cm³/mol. The lowest BCUT2D eigenvalue weighted by Crippen LogP contribution is -1.89. The zero-order chi connectivity index (χ0) is 7.33. The molecule has 0 saturated carbocycles. The molecule has 0 aliphatic rings. The van der Waals surface area contributed by atoms with E-state index in [1.54, 1.807) is 13.8 Å². The Morgan fingerprint density at radius 2 is 1.67 bits per heavy atom. The second kappa shape index (κ2) is 3.99. The van der Waals surface area contributed by atoms with Crippen LogP contribution in [-0.4, -0.2) is 13.2 Å². The normalized spacial score (nSPS) is 11.9. The topological polar surface area (TPSA) is 35.5 Å². The van der Waals surface area contributed by atoms with Crippen LogP contribution in [0.5, 0.6) is 0 Å². The monoisotopic (exact) mass is 156 g/mol. The van der Waals surface area contributed by atoms with E-state index in [1.165, 1.54) is 0 Å². The second-order valence-corrected chi connectivity index (χ2v) is 2.64. The van der Waals surface area contributed by atoms with Gasteiger partial charge in [0, 0.05) is 0 Å². The summed E-state index contributed by atoms with van der Waals surface area (Å²) in [6.45, 7) is 3.22. The maximum Gasteiger partial charge on any atom is 0.513 e. The van der Waals surface area contributed by atoms with Gasteiger partial charge in [0.15, 0.2) is 0 Å². The van der Waals surface area contributed by atoms with E-state index in [0.29, 0.717) is 0 Å². The molecular weight excluding hydrogens is 146 g/mol. The van der Waals surface area contributed by atoms with Crippen LogP contribution in [0.3, 0.4) is 0 Å². The molecule has 0 saturated heterocycles. The average molecular weight is 156 g/mol. The van der Waals surface area contributed by atoms with Crippen molar-refractivity contribution < 1.29 is 17.8 Å².